The van der Waals surface area contributed by atoms with E-state index in [-0.39, 0.29) is 0 Å². The van der Waals surface area contributed by atoms with Crippen molar-refractivity contribution in [3.63, 3.8) is 0 Å². The second-order valence-corrected chi connectivity index (χ2v) is 4.63. The lowest BCUT2D eigenvalue weighted by atomic mass is 9.70. The monoisotopic (exact) mass is 168 g/mol. The molecule has 0 aliphatic heterocycles. The fraction of sp³-hybridized carbons (Fsp3) is 1.00. The molecule has 1 rings (SSSR count). The highest BCUT2D eigenvalue weighted by atomic mass is 14.4. The summed E-state index contributed by atoms with van der Waals surface area (Å²) < 4.78 is 0. The van der Waals surface area contributed by atoms with Crippen molar-refractivity contribution in [3.05, 3.63) is 0 Å². The first-order valence-electron chi connectivity index (χ1n) is 5.75. The summed E-state index contributed by atoms with van der Waals surface area (Å²) in [5.41, 5.74) is 0.753. The van der Waals surface area contributed by atoms with Crippen LogP contribution in [0.15, 0.2) is 0 Å². The summed E-state index contributed by atoms with van der Waals surface area (Å²) in [6.07, 6.45) is 10.2. The maximum absolute atomic E-state index is 2.46. The normalized spacial score (nSPS) is 24.2. The van der Waals surface area contributed by atoms with Gasteiger partial charge < -0.3 is 0 Å². The number of hydrogen-bond donors (Lipinski definition) is 0. The van der Waals surface area contributed by atoms with Gasteiger partial charge in [0.1, 0.15) is 0 Å². The summed E-state index contributed by atoms with van der Waals surface area (Å²) in [5.74, 6) is 0.958. The summed E-state index contributed by atoms with van der Waals surface area (Å²) in [5, 5.41) is 0. The zero-order valence-electron chi connectivity index (χ0n) is 9.03. The number of rotatable bonds is 4. The van der Waals surface area contributed by atoms with Crippen LogP contribution in [0.3, 0.4) is 0 Å². The van der Waals surface area contributed by atoms with Gasteiger partial charge in [0.25, 0.3) is 0 Å². The minimum absolute atomic E-state index is 0.753. The molecule has 1 fully saturated rings. The summed E-state index contributed by atoms with van der Waals surface area (Å²) in [6.45, 7) is 7.14. The highest BCUT2D eigenvalue weighted by molar-refractivity contribution is 4.87. The Hall–Kier alpha value is 0. The lowest BCUT2D eigenvalue weighted by molar-refractivity contribution is 0.158. The van der Waals surface area contributed by atoms with Crippen molar-refractivity contribution in [2.75, 3.05) is 0 Å². The molecule has 0 radical (unpaired) electrons. The van der Waals surface area contributed by atoms with E-state index < -0.39 is 0 Å². The molecule has 0 aromatic carbocycles. The lowest BCUT2D eigenvalue weighted by Gasteiger charge is -2.35. The first-order valence-corrected chi connectivity index (χ1v) is 5.75. The van der Waals surface area contributed by atoms with Gasteiger partial charge in [-0.3, -0.25) is 0 Å². The van der Waals surface area contributed by atoms with E-state index in [0.29, 0.717) is 0 Å². The van der Waals surface area contributed by atoms with Gasteiger partial charge in [0, 0.05) is 0 Å². The van der Waals surface area contributed by atoms with Gasteiger partial charge in [0.15, 0.2) is 0 Å². The first-order chi connectivity index (χ1) is 5.75. The molecule has 1 unspecified atom stereocenters. The molecule has 0 bridgehead atoms. The second-order valence-electron chi connectivity index (χ2n) is 4.63. The minimum atomic E-state index is 0.753. The average Bonchev–Trinajstić information content (AvgIpc) is 2.53. The SMILES string of the molecule is CCCC1(C(C)CC)CCCC1. The Labute approximate surface area is 77.7 Å². The van der Waals surface area contributed by atoms with Crippen LogP contribution in [0.25, 0.3) is 0 Å². The van der Waals surface area contributed by atoms with E-state index in [9.17, 15) is 0 Å². The maximum atomic E-state index is 2.46. The van der Waals surface area contributed by atoms with Crippen molar-refractivity contribution < 1.29 is 0 Å². The van der Waals surface area contributed by atoms with Crippen molar-refractivity contribution in [3.8, 4) is 0 Å². The van der Waals surface area contributed by atoms with Crippen molar-refractivity contribution in [2.24, 2.45) is 11.3 Å². The molecule has 0 heteroatoms. The predicted molar refractivity (Wildman–Crippen MR) is 55.3 cm³/mol. The van der Waals surface area contributed by atoms with Gasteiger partial charge in [0.2, 0.25) is 0 Å². The van der Waals surface area contributed by atoms with E-state index >= 15 is 0 Å². The second kappa shape index (κ2) is 4.30. The highest BCUT2D eigenvalue weighted by Crippen LogP contribution is 2.48. The summed E-state index contributed by atoms with van der Waals surface area (Å²) >= 11 is 0. The van der Waals surface area contributed by atoms with E-state index in [1.54, 1.807) is 0 Å². The van der Waals surface area contributed by atoms with E-state index in [4.69, 9.17) is 0 Å². The summed E-state index contributed by atoms with van der Waals surface area (Å²) in [7, 11) is 0. The van der Waals surface area contributed by atoms with E-state index in [2.05, 4.69) is 20.8 Å². The summed E-state index contributed by atoms with van der Waals surface area (Å²) in [4.78, 5) is 0. The van der Waals surface area contributed by atoms with Crippen molar-refractivity contribution in [2.45, 2.75) is 65.7 Å². The molecule has 0 aromatic rings. The molecule has 0 amide bonds. The van der Waals surface area contributed by atoms with Gasteiger partial charge in [0.05, 0.1) is 0 Å². The molecule has 0 nitrogen and oxygen atoms in total. The smallest absolute Gasteiger partial charge is 0.0272 e. The van der Waals surface area contributed by atoms with E-state index in [1.807, 2.05) is 0 Å². The summed E-state index contributed by atoms with van der Waals surface area (Å²) in [6, 6.07) is 0. The van der Waals surface area contributed by atoms with Gasteiger partial charge in [-0.1, -0.05) is 46.5 Å². The molecule has 1 saturated carbocycles. The van der Waals surface area contributed by atoms with Crippen LogP contribution in [0, 0.1) is 11.3 Å². The fourth-order valence-corrected chi connectivity index (χ4v) is 3.00. The molecule has 1 atom stereocenters. The predicted octanol–water partition coefficient (Wildman–Crippen LogP) is 4.39. The van der Waals surface area contributed by atoms with Crippen molar-refractivity contribution in [1.29, 1.82) is 0 Å². The third-order valence-electron chi connectivity index (χ3n) is 4.00. The van der Waals surface area contributed by atoms with Crippen LogP contribution >= 0.6 is 0 Å². The zero-order chi connectivity index (χ0) is 9.03. The minimum Gasteiger partial charge on any atom is -0.0654 e. The van der Waals surface area contributed by atoms with Gasteiger partial charge in [-0.05, 0) is 30.6 Å². The largest absolute Gasteiger partial charge is 0.0654 e. The maximum Gasteiger partial charge on any atom is -0.0272 e. The molecule has 0 N–H and O–H groups in total. The Morgan fingerprint density at radius 3 is 2.17 bits per heavy atom. The molecular weight excluding hydrogens is 144 g/mol. The van der Waals surface area contributed by atoms with Crippen LogP contribution in [0.1, 0.15) is 65.7 Å². The highest BCUT2D eigenvalue weighted by Gasteiger charge is 2.36. The Balaban J connectivity index is 2.57. The van der Waals surface area contributed by atoms with Gasteiger partial charge in [-0.2, -0.15) is 0 Å². The van der Waals surface area contributed by atoms with Gasteiger partial charge in [-0.25, -0.2) is 0 Å². The van der Waals surface area contributed by atoms with E-state index in [1.165, 1.54) is 44.9 Å². The quantitative estimate of drug-likeness (QED) is 0.584. The van der Waals surface area contributed by atoms with Crippen LogP contribution < -0.4 is 0 Å². The molecule has 72 valence electrons. The topological polar surface area (TPSA) is 0 Å². The van der Waals surface area contributed by atoms with Crippen LogP contribution in [-0.4, -0.2) is 0 Å². The average molecular weight is 168 g/mol. The Kier molecular flexibility index (Phi) is 3.61. The molecule has 0 heterocycles. The third-order valence-corrected chi connectivity index (χ3v) is 4.00. The van der Waals surface area contributed by atoms with Crippen molar-refractivity contribution >= 4 is 0 Å². The molecule has 0 spiro atoms. The van der Waals surface area contributed by atoms with Crippen LogP contribution in [0.4, 0.5) is 0 Å². The number of hydrogen-bond acceptors (Lipinski definition) is 0. The molecule has 0 aromatic heterocycles. The van der Waals surface area contributed by atoms with Crippen molar-refractivity contribution in [1.82, 2.24) is 0 Å². The van der Waals surface area contributed by atoms with Crippen LogP contribution in [0.5, 0.6) is 0 Å². The van der Waals surface area contributed by atoms with Crippen LogP contribution in [-0.2, 0) is 0 Å². The van der Waals surface area contributed by atoms with E-state index in [0.717, 1.165) is 11.3 Å². The Bertz CT molecular complexity index is 120. The first kappa shape index (κ1) is 10.1. The standard InChI is InChI=1S/C12H24/c1-4-8-12(11(3)5-2)9-6-7-10-12/h11H,4-10H2,1-3H3. The zero-order valence-corrected chi connectivity index (χ0v) is 9.03. The molecule has 12 heavy (non-hydrogen) atoms. The van der Waals surface area contributed by atoms with Gasteiger partial charge >= 0.3 is 0 Å². The molecular formula is C12H24. The van der Waals surface area contributed by atoms with Crippen LogP contribution in [0.2, 0.25) is 0 Å². The Morgan fingerprint density at radius 2 is 1.75 bits per heavy atom. The fourth-order valence-electron chi connectivity index (χ4n) is 3.00. The third kappa shape index (κ3) is 1.84. The Morgan fingerprint density at radius 1 is 1.17 bits per heavy atom. The molecule has 0 saturated heterocycles. The molecule has 1 aliphatic carbocycles. The lowest BCUT2D eigenvalue weighted by Crippen LogP contribution is -2.24. The molecule has 1 aliphatic rings. The van der Waals surface area contributed by atoms with Gasteiger partial charge in [-0.15, -0.1) is 0 Å².